The molecule has 0 bridgehead atoms. The van der Waals surface area contributed by atoms with E-state index in [1.807, 2.05) is 0 Å². The maximum Gasteiger partial charge on any atom is 0.308 e. The zero-order valence-corrected chi connectivity index (χ0v) is 20.7. The SMILES string of the molecule is COc1cc(C)c(S(=O)(=O)NC(CC(=O)OC(C)(C)C)C(=O)NCC(OC)OC)c(C)c1. The van der Waals surface area contributed by atoms with Crippen LogP contribution in [-0.2, 0) is 33.8 Å². The first-order valence-electron chi connectivity index (χ1n) is 9.96. The molecule has 1 aromatic rings. The molecule has 1 rings (SSSR count). The van der Waals surface area contributed by atoms with Crippen LogP contribution in [0.1, 0.15) is 38.3 Å². The van der Waals surface area contributed by atoms with Gasteiger partial charge in [0, 0.05) is 14.2 Å². The summed E-state index contributed by atoms with van der Waals surface area (Å²) in [7, 11) is 0.113. The van der Waals surface area contributed by atoms with Crippen LogP contribution in [0.3, 0.4) is 0 Å². The number of benzene rings is 1. The summed E-state index contributed by atoms with van der Waals surface area (Å²) in [5.41, 5.74) is 0.0753. The number of nitrogens with one attached hydrogen (secondary N) is 2. The molecule has 0 aliphatic carbocycles. The van der Waals surface area contributed by atoms with Gasteiger partial charge in [-0.1, -0.05) is 0 Å². The fourth-order valence-electron chi connectivity index (χ4n) is 3.01. The predicted octanol–water partition coefficient (Wildman–Crippen LogP) is 1.43. The molecular weight excluding hydrogens is 440 g/mol. The lowest BCUT2D eigenvalue weighted by atomic mass is 10.1. The lowest BCUT2D eigenvalue weighted by molar-refractivity contribution is -0.156. The zero-order chi connectivity index (χ0) is 24.7. The van der Waals surface area contributed by atoms with Gasteiger partial charge in [0.05, 0.1) is 25.0 Å². The first-order valence-corrected chi connectivity index (χ1v) is 11.4. The van der Waals surface area contributed by atoms with E-state index in [1.54, 1.807) is 46.8 Å². The van der Waals surface area contributed by atoms with Gasteiger partial charge in [0.1, 0.15) is 17.4 Å². The van der Waals surface area contributed by atoms with Gasteiger partial charge in [0.15, 0.2) is 6.29 Å². The summed E-state index contributed by atoms with van der Waals surface area (Å²) >= 11 is 0. The van der Waals surface area contributed by atoms with Crippen LogP contribution in [0.15, 0.2) is 17.0 Å². The number of esters is 1. The molecule has 0 aliphatic rings. The third-order valence-corrected chi connectivity index (χ3v) is 6.09. The second kappa shape index (κ2) is 11.6. The van der Waals surface area contributed by atoms with Crippen molar-refractivity contribution in [2.24, 2.45) is 0 Å². The van der Waals surface area contributed by atoms with Crippen LogP contribution in [0.25, 0.3) is 0 Å². The molecule has 0 aromatic heterocycles. The van der Waals surface area contributed by atoms with Crippen molar-refractivity contribution in [3.63, 3.8) is 0 Å². The Morgan fingerprint density at radius 3 is 2.00 bits per heavy atom. The molecule has 11 heteroatoms. The lowest BCUT2D eigenvalue weighted by Crippen LogP contribution is -2.50. The molecule has 0 radical (unpaired) electrons. The van der Waals surface area contributed by atoms with Crippen LogP contribution >= 0.6 is 0 Å². The number of carbonyl (C=O) groups excluding carboxylic acids is 2. The van der Waals surface area contributed by atoms with Gasteiger partial charge in [-0.15, -0.1) is 0 Å². The molecule has 10 nitrogen and oxygen atoms in total. The monoisotopic (exact) mass is 474 g/mol. The van der Waals surface area contributed by atoms with E-state index >= 15 is 0 Å². The summed E-state index contributed by atoms with van der Waals surface area (Å²) in [6.07, 6.45) is -1.23. The number of hydrogen-bond donors (Lipinski definition) is 2. The van der Waals surface area contributed by atoms with Crippen molar-refractivity contribution in [1.82, 2.24) is 10.0 Å². The summed E-state index contributed by atoms with van der Waals surface area (Å²) in [6.45, 7) is 8.23. The first-order chi connectivity index (χ1) is 14.7. The standard InChI is InChI=1S/C21H34N2O8S/c1-13-9-15(28-6)10-14(2)19(13)32(26,27)23-16(11-17(24)31-21(3,4)5)20(25)22-12-18(29-7)30-8/h9-10,16,18,23H,11-12H2,1-8H3,(H,22,25). The molecule has 1 atom stereocenters. The Morgan fingerprint density at radius 2 is 1.56 bits per heavy atom. The second-order valence-electron chi connectivity index (χ2n) is 8.20. The van der Waals surface area contributed by atoms with E-state index in [0.717, 1.165) is 0 Å². The molecule has 0 aliphatic heterocycles. The minimum absolute atomic E-state index is 0.00643. The third kappa shape index (κ3) is 8.38. The summed E-state index contributed by atoms with van der Waals surface area (Å²) < 4.78 is 49.2. The van der Waals surface area contributed by atoms with Crippen LogP contribution in [0.4, 0.5) is 0 Å². The summed E-state index contributed by atoms with van der Waals surface area (Å²) in [4.78, 5) is 25.2. The number of ether oxygens (including phenoxy) is 4. The van der Waals surface area contributed by atoms with Crippen LogP contribution < -0.4 is 14.8 Å². The van der Waals surface area contributed by atoms with Crippen molar-refractivity contribution >= 4 is 21.9 Å². The average Bonchev–Trinajstić information content (AvgIpc) is 2.65. The van der Waals surface area contributed by atoms with E-state index in [1.165, 1.54) is 21.3 Å². The Kier molecular flexibility index (Phi) is 10.1. The Balaban J connectivity index is 3.21. The third-order valence-electron chi connectivity index (χ3n) is 4.31. The molecule has 1 unspecified atom stereocenters. The molecule has 0 spiro atoms. The van der Waals surface area contributed by atoms with Crippen molar-refractivity contribution in [3.05, 3.63) is 23.3 Å². The molecule has 2 N–H and O–H groups in total. The van der Waals surface area contributed by atoms with E-state index in [-0.39, 0.29) is 11.4 Å². The number of carbonyl (C=O) groups is 2. The highest BCUT2D eigenvalue weighted by molar-refractivity contribution is 7.89. The molecule has 0 saturated carbocycles. The van der Waals surface area contributed by atoms with Crippen molar-refractivity contribution in [1.29, 1.82) is 0 Å². The van der Waals surface area contributed by atoms with Crippen molar-refractivity contribution in [3.8, 4) is 5.75 Å². The van der Waals surface area contributed by atoms with Gasteiger partial charge in [-0.25, -0.2) is 8.42 Å². The minimum atomic E-state index is -4.17. The average molecular weight is 475 g/mol. The van der Waals surface area contributed by atoms with Gasteiger partial charge in [-0.05, 0) is 57.9 Å². The molecule has 1 amide bonds. The van der Waals surface area contributed by atoms with Gasteiger partial charge in [-0.3, -0.25) is 9.59 Å². The van der Waals surface area contributed by atoms with Gasteiger partial charge in [-0.2, -0.15) is 4.72 Å². The summed E-state index contributed by atoms with van der Waals surface area (Å²) in [6, 6.07) is 1.74. The van der Waals surface area contributed by atoms with Crippen LogP contribution in [0, 0.1) is 13.8 Å². The number of hydrogen-bond acceptors (Lipinski definition) is 8. The topological polar surface area (TPSA) is 129 Å². The van der Waals surface area contributed by atoms with Crippen molar-refractivity contribution < 1.29 is 37.0 Å². The largest absolute Gasteiger partial charge is 0.497 e. The highest BCUT2D eigenvalue weighted by atomic mass is 32.2. The zero-order valence-electron chi connectivity index (χ0n) is 19.9. The van der Waals surface area contributed by atoms with Gasteiger partial charge in [0.25, 0.3) is 0 Å². The van der Waals surface area contributed by atoms with Crippen molar-refractivity contribution in [2.75, 3.05) is 27.9 Å². The predicted molar refractivity (Wildman–Crippen MR) is 118 cm³/mol. The van der Waals surface area contributed by atoms with Crippen LogP contribution in [0.5, 0.6) is 5.75 Å². The summed E-state index contributed by atoms with van der Waals surface area (Å²) in [5, 5.41) is 2.53. The molecule has 0 fully saturated rings. The lowest BCUT2D eigenvalue weighted by Gasteiger charge is -2.24. The van der Waals surface area contributed by atoms with Crippen LogP contribution in [-0.4, -0.2) is 66.1 Å². The molecule has 32 heavy (non-hydrogen) atoms. The fourth-order valence-corrected chi connectivity index (χ4v) is 4.65. The van der Waals surface area contributed by atoms with Gasteiger partial charge in [0.2, 0.25) is 15.9 Å². The molecule has 1 aromatic carbocycles. The Morgan fingerprint density at radius 1 is 1.03 bits per heavy atom. The number of amides is 1. The molecule has 0 heterocycles. The van der Waals surface area contributed by atoms with E-state index in [0.29, 0.717) is 16.9 Å². The number of aryl methyl sites for hydroxylation is 2. The Bertz CT molecular complexity index is 882. The van der Waals surface area contributed by atoms with Crippen molar-refractivity contribution in [2.45, 2.75) is 63.9 Å². The minimum Gasteiger partial charge on any atom is -0.497 e. The second-order valence-corrected chi connectivity index (χ2v) is 9.85. The molecule has 182 valence electrons. The first kappa shape index (κ1) is 27.8. The number of sulfonamides is 1. The number of rotatable bonds is 11. The Hall–Kier alpha value is -2.21. The highest BCUT2D eigenvalue weighted by Crippen LogP contribution is 2.26. The molecule has 0 saturated heterocycles. The fraction of sp³-hybridized carbons (Fsp3) is 0.619. The maximum absolute atomic E-state index is 13.2. The van der Waals surface area contributed by atoms with Gasteiger partial charge < -0.3 is 24.3 Å². The van der Waals surface area contributed by atoms with Crippen LogP contribution in [0.2, 0.25) is 0 Å². The summed E-state index contributed by atoms with van der Waals surface area (Å²) in [5.74, 6) is -0.937. The van der Waals surface area contributed by atoms with E-state index in [9.17, 15) is 18.0 Å². The normalized spacial score (nSPS) is 13.0. The van der Waals surface area contributed by atoms with E-state index in [4.69, 9.17) is 18.9 Å². The quantitative estimate of drug-likeness (QED) is 0.364. The number of methoxy groups -OCH3 is 3. The van der Waals surface area contributed by atoms with Gasteiger partial charge >= 0.3 is 5.97 Å². The molecular formula is C21H34N2O8S. The highest BCUT2D eigenvalue weighted by Gasteiger charge is 2.32. The smallest absolute Gasteiger partial charge is 0.308 e. The van der Waals surface area contributed by atoms with E-state index in [2.05, 4.69) is 10.0 Å². The maximum atomic E-state index is 13.2. The van der Waals surface area contributed by atoms with E-state index < -0.39 is 46.3 Å². The Labute approximate surface area is 190 Å².